The molecule has 1 aromatic heterocycles. The van der Waals surface area contributed by atoms with Crippen molar-refractivity contribution in [3.8, 4) is 0 Å². The average Bonchev–Trinajstić information content (AvgIpc) is 2.96. The maximum atomic E-state index is 13.1. The number of amides is 1. The molecule has 1 aliphatic heterocycles. The highest BCUT2D eigenvalue weighted by Crippen LogP contribution is 2.37. The molecular weight excluding hydrogens is 374 g/mol. The number of benzene rings is 2. The maximum absolute atomic E-state index is 13.1. The van der Waals surface area contributed by atoms with E-state index < -0.39 is 0 Å². The Hall–Kier alpha value is -1.89. The van der Waals surface area contributed by atoms with Crippen molar-refractivity contribution < 1.29 is 4.79 Å². The summed E-state index contributed by atoms with van der Waals surface area (Å²) in [7, 11) is 1.99. The van der Waals surface area contributed by atoms with Crippen LogP contribution >= 0.6 is 23.1 Å². The number of hydrogen-bond acceptors (Lipinski definition) is 5. The Labute approximate surface area is 168 Å². The molecule has 0 saturated carbocycles. The number of nitrogens with zero attached hydrogens (tertiary/aromatic N) is 3. The number of carbonyl (C=O) groups excluding carboxylic acids is 1. The molecule has 1 amide bonds. The van der Waals surface area contributed by atoms with Gasteiger partial charge in [0, 0.05) is 16.7 Å². The molecule has 27 heavy (non-hydrogen) atoms. The van der Waals surface area contributed by atoms with Gasteiger partial charge in [0.2, 0.25) is 5.91 Å². The summed E-state index contributed by atoms with van der Waals surface area (Å²) in [4.78, 5) is 23.0. The van der Waals surface area contributed by atoms with Crippen molar-refractivity contribution in [2.45, 2.75) is 30.0 Å². The number of rotatable bonds is 4. The molecule has 0 bridgehead atoms. The Morgan fingerprint density at radius 3 is 2.85 bits per heavy atom. The van der Waals surface area contributed by atoms with Crippen LogP contribution in [0.4, 0.5) is 5.69 Å². The Kier molecular flexibility index (Phi) is 5.48. The summed E-state index contributed by atoms with van der Waals surface area (Å²) < 4.78 is 1.19. The van der Waals surface area contributed by atoms with Crippen LogP contribution in [0.2, 0.25) is 0 Å². The Balaban J connectivity index is 1.46. The third kappa shape index (κ3) is 4.18. The molecule has 4 rings (SSSR count). The third-order valence-electron chi connectivity index (χ3n) is 4.69. The van der Waals surface area contributed by atoms with Gasteiger partial charge in [0.05, 0.1) is 29.0 Å². The van der Waals surface area contributed by atoms with Crippen molar-refractivity contribution in [1.82, 2.24) is 9.88 Å². The van der Waals surface area contributed by atoms with Crippen molar-refractivity contribution in [3.05, 3.63) is 53.5 Å². The number of likely N-dealkylation sites (N-methyl/N-ethyl adjacent to an activating group) is 1. The zero-order chi connectivity index (χ0) is 18.8. The predicted octanol–water partition coefficient (Wildman–Crippen LogP) is 4.65. The van der Waals surface area contributed by atoms with Gasteiger partial charge in [-0.25, -0.2) is 4.98 Å². The van der Waals surface area contributed by atoms with E-state index in [1.165, 1.54) is 9.60 Å². The van der Waals surface area contributed by atoms with Crippen LogP contribution in [-0.2, 0) is 11.3 Å². The average molecular weight is 398 g/mol. The van der Waals surface area contributed by atoms with E-state index in [0.717, 1.165) is 29.2 Å². The van der Waals surface area contributed by atoms with Gasteiger partial charge >= 0.3 is 0 Å². The molecule has 0 spiro atoms. The molecule has 6 heteroatoms. The Morgan fingerprint density at radius 2 is 2.00 bits per heavy atom. The SMILES string of the molecule is C[C@@H]1CCN(C(=O)CN(C)Cc2nc3ccccc3s2)c2ccccc2S1. The quantitative estimate of drug-likeness (QED) is 0.642. The Morgan fingerprint density at radius 1 is 1.22 bits per heavy atom. The Bertz CT molecular complexity index is 922. The van der Waals surface area contributed by atoms with E-state index in [1.807, 2.05) is 54.0 Å². The second-order valence-electron chi connectivity index (χ2n) is 6.98. The fourth-order valence-corrected chi connectivity index (χ4v) is 5.50. The van der Waals surface area contributed by atoms with Crippen molar-refractivity contribution in [1.29, 1.82) is 0 Å². The van der Waals surface area contributed by atoms with Crippen LogP contribution in [0.3, 0.4) is 0 Å². The molecule has 0 saturated heterocycles. The minimum Gasteiger partial charge on any atom is -0.310 e. The lowest BCUT2D eigenvalue weighted by Crippen LogP contribution is -2.39. The standard InChI is InChI=1S/C21H23N3OS2/c1-15-11-12-24(17-8-4-6-10-19(17)26-15)21(25)14-23(2)13-20-22-16-7-3-5-9-18(16)27-20/h3-10,15H,11-14H2,1-2H3/t15-/m1/s1. The predicted molar refractivity (Wildman–Crippen MR) is 115 cm³/mol. The molecule has 0 fully saturated rings. The zero-order valence-corrected chi connectivity index (χ0v) is 17.2. The highest BCUT2D eigenvalue weighted by Gasteiger charge is 2.24. The van der Waals surface area contributed by atoms with Gasteiger partial charge in [-0.3, -0.25) is 9.69 Å². The van der Waals surface area contributed by atoms with Crippen LogP contribution in [0.5, 0.6) is 0 Å². The summed E-state index contributed by atoms with van der Waals surface area (Å²) in [6.45, 7) is 4.09. The summed E-state index contributed by atoms with van der Waals surface area (Å²) in [5, 5.41) is 1.57. The molecule has 1 atom stereocenters. The summed E-state index contributed by atoms with van der Waals surface area (Å²) in [5.41, 5.74) is 2.08. The van der Waals surface area contributed by atoms with E-state index in [1.54, 1.807) is 11.3 Å². The summed E-state index contributed by atoms with van der Waals surface area (Å²) in [5.74, 6) is 0.153. The normalized spacial score (nSPS) is 17.1. The summed E-state index contributed by atoms with van der Waals surface area (Å²) in [6, 6.07) is 16.4. The molecule has 2 aromatic carbocycles. The number of carbonyl (C=O) groups is 1. The van der Waals surface area contributed by atoms with Gasteiger partial charge in [-0.05, 0) is 37.7 Å². The molecule has 0 N–H and O–H groups in total. The maximum Gasteiger partial charge on any atom is 0.241 e. The van der Waals surface area contributed by atoms with Gasteiger partial charge in [-0.15, -0.1) is 23.1 Å². The lowest BCUT2D eigenvalue weighted by atomic mass is 10.2. The number of hydrogen-bond donors (Lipinski definition) is 0. The minimum absolute atomic E-state index is 0.153. The first-order valence-corrected chi connectivity index (χ1v) is 10.9. The van der Waals surface area contributed by atoms with Crippen molar-refractivity contribution in [3.63, 3.8) is 0 Å². The highest BCUT2D eigenvalue weighted by molar-refractivity contribution is 8.00. The molecular formula is C21H23N3OS2. The number of thioether (sulfide) groups is 1. The van der Waals surface area contributed by atoms with Gasteiger partial charge < -0.3 is 4.90 Å². The van der Waals surface area contributed by atoms with Crippen LogP contribution in [0.15, 0.2) is 53.4 Å². The molecule has 4 nitrogen and oxygen atoms in total. The number of fused-ring (bicyclic) bond motifs is 2. The van der Waals surface area contributed by atoms with E-state index >= 15 is 0 Å². The second kappa shape index (κ2) is 8.00. The first-order chi connectivity index (χ1) is 13.1. The van der Waals surface area contributed by atoms with Crippen LogP contribution in [0.25, 0.3) is 10.2 Å². The zero-order valence-electron chi connectivity index (χ0n) is 15.6. The van der Waals surface area contributed by atoms with Gasteiger partial charge in [0.1, 0.15) is 5.01 Å². The first kappa shape index (κ1) is 18.5. The lowest BCUT2D eigenvalue weighted by molar-refractivity contribution is -0.119. The second-order valence-corrected chi connectivity index (χ2v) is 9.57. The molecule has 3 aromatic rings. The molecule has 1 aliphatic rings. The molecule has 2 heterocycles. The molecule has 140 valence electrons. The fraction of sp³-hybridized carbons (Fsp3) is 0.333. The van der Waals surface area contributed by atoms with E-state index in [-0.39, 0.29) is 5.91 Å². The number of aromatic nitrogens is 1. The van der Waals surface area contributed by atoms with Gasteiger partial charge in [-0.1, -0.05) is 31.2 Å². The number of thiazole rings is 1. The first-order valence-electron chi connectivity index (χ1n) is 9.19. The van der Waals surface area contributed by atoms with Gasteiger partial charge in [0.15, 0.2) is 0 Å². The van der Waals surface area contributed by atoms with Gasteiger partial charge in [0.25, 0.3) is 0 Å². The van der Waals surface area contributed by atoms with Crippen LogP contribution < -0.4 is 4.90 Å². The topological polar surface area (TPSA) is 36.4 Å². The molecule has 0 unspecified atom stereocenters. The smallest absolute Gasteiger partial charge is 0.241 e. The third-order valence-corrected chi connectivity index (χ3v) is 6.95. The van der Waals surface area contributed by atoms with Crippen LogP contribution in [0, 0.1) is 0 Å². The molecule has 0 aliphatic carbocycles. The van der Waals surface area contributed by atoms with E-state index in [2.05, 4.69) is 35.0 Å². The minimum atomic E-state index is 0.153. The van der Waals surface area contributed by atoms with Crippen molar-refractivity contribution in [2.24, 2.45) is 0 Å². The van der Waals surface area contributed by atoms with E-state index in [0.29, 0.717) is 18.3 Å². The van der Waals surface area contributed by atoms with Crippen molar-refractivity contribution in [2.75, 3.05) is 25.0 Å². The van der Waals surface area contributed by atoms with Crippen LogP contribution in [-0.4, -0.2) is 41.2 Å². The van der Waals surface area contributed by atoms with Gasteiger partial charge in [-0.2, -0.15) is 0 Å². The number of para-hydroxylation sites is 2. The summed E-state index contributed by atoms with van der Waals surface area (Å²) in [6.07, 6.45) is 1.01. The largest absolute Gasteiger partial charge is 0.310 e. The molecule has 0 radical (unpaired) electrons. The van der Waals surface area contributed by atoms with Crippen LogP contribution in [0.1, 0.15) is 18.4 Å². The van der Waals surface area contributed by atoms with Crippen molar-refractivity contribution >= 4 is 44.9 Å². The monoisotopic (exact) mass is 397 g/mol. The number of anilines is 1. The lowest BCUT2D eigenvalue weighted by Gasteiger charge is -2.25. The van der Waals surface area contributed by atoms with E-state index in [9.17, 15) is 4.79 Å². The summed E-state index contributed by atoms with van der Waals surface area (Å²) >= 11 is 3.56. The highest BCUT2D eigenvalue weighted by atomic mass is 32.2. The fourth-order valence-electron chi connectivity index (χ4n) is 3.34. The van der Waals surface area contributed by atoms with E-state index in [4.69, 9.17) is 0 Å².